The van der Waals surface area contributed by atoms with Gasteiger partial charge in [0.1, 0.15) is 0 Å². The second-order valence-electron chi connectivity index (χ2n) is 5.08. The van der Waals surface area contributed by atoms with E-state index in [4.69, 9.17) is 4.74 Å². The molecule has 1 atom stereocenters. The quantitative estimate of drug-likeness (QED) is 0.710. The Bertz CT molecular complexity index is 191. The largest absolute Gasteiger partial charge is 0.383 e. The van der Waals surface area contributed by atoms with Crippen LogP contribution in [0.5, 0.6) is 0 Å². The Morgan fingerprint density at radius 2 is 1.71 bits per heavy atom. The molecule has 1 N–H and O–H groups in total. The van der Waals surface area contributed by atoms with Crippen molar-refractivity contribution in [3.63, 3.8) is 0 Å². The van der Waals surface area contributed by atoms with Crippen LogP contribution in [0.1, 0.15) is 20.8 Å². The smallest absolute Gasteiger partial charge is 0.0630 e. The predicted octanol–water partition coefficient (Wildman–Crippen LogP) is 0.637. The minimum Gasteiger partial charge on any atom is -0.383 e. The van der Waals surface area contributed by atoms with Crippen molar-refractivity contribution in [2.75, 3.05) is 53.0 Å². The minimum atomic E-state index is 0.522. The van der Waals surface area contributed by atoms with Crippen molar-refractivity contribution < 1.29 is 4.74 Å². The number of nitrogens with one attached hydrogen (secondary N) is 1. The summed E-state index contributed by atoms with van der Waals surface area (Å²) in [7, 11) is 1.79. The van der Waals surface area contributed by atoms with Crippen molar-refractivity contribution in [2.45, 2.75) is 32.9 Å². The van der Waals surface area contributed by atoms with Gasteiger partial charge in [0.2, 0.25) is 0 Å². The van der Waals surface area contributed by atoms with Crippen LogP contribution in [0.4, 0.5) is 0 Å². The van der Waals surface area contributed by atoms with E-state index in [2.05, 4.69) is 35.9 Å². The fourth-order valence-electron chi connectivity index (χ4n) is 2.42. The van der Waals surface area contributed by atoms with E-state index in [1.165, 1.54) is 13.1 Å². The first-order chi connectivity index (χ1) is 8.19. The second kappa shape index (κ2) is 8.03. The molecule has 0 aromatic rings. The summed E-state index contributed by atoms with van der Waals surface area (Å²) in [6, 6.07) is 1.20. The van der Waals surface area contributed by atoms with E-state index in [0.29, 0.717) is 12.1 Å². The van der Waals surface area contributed by atoms with E-state index in [1.807, 2.05) is 0 Å². The van der Waals surface area contributed by atoms with Crippen LogP contribution in [0.25, 0.3) is 0 Å². The highest BCUT2D eigenvalue weighted by Gasteiger charge is 2.24. The van der Waals surface area contributed by atoms with Crippen molar-refractivity contribution in [2.24, 2.45) is 0 Å². The number of nitrogens with zero attached hydrogens (tertiary/aromatic N) is 2. The van der Waals surface area contributed by atoms with E-state index in [1.54, 1.807) is 7.11 Å². The van der Waals surface area contributed by atoms with Crippen molar-refractivity contribution in [3.05, 3.63) is 0 Å². The first kappa shape index (κ1) is 14.9. The van der Waals surface area contributed by atoms with Crippen LogP contribution >= 0.6 is 0 Å². The average molecular weight is 243 g/mol. The summed E-state index contributed by atoms with van der Waals surface area (Å²) in [5.41, 5.74) is 0. The van der Waals surface area contributed by atoms with Crippen LogP contribution in [0.15, 0.2) is 0 Å². The fourth-order valence-corrected chi connectivity index (χ4v) is 2.42. The van der Waals surface area contributed by atoms with Gasteiger partial charge in [-0.15, -0.1) is 0 Å². The summed E-state index contributed by atoms with van der Waals surface area (Å²) in [5, 5.41) is 3.43. The SMILES string of the molecule is CCNCC(COC)N1CCN(C(C)C)CC1. The number of methoxy groups -OCH3 is 1. The van der Waals surface area contributed by atoms with Crippen molar-refractivity contribution in [1.29, 1.82) is 0 Å². The number of hydrogen-bond donors (Lipinski definition) is 1. The molecule has 0 spiro atoms. The van der Waals surface area contributed by atoms with E-state index >= 15 is 0 Å². The van der Waals surface area contributed by atoms with Gasteiger partial charge in [-0.2, -0.15) is 0 Å². The third kappa shape index (κ3) is 4.92. The highest BCUT2D eigenvalue weighted by molar-refractivity contribution is 4.81. The zero-order chi connectivity index (χ0) is 12.7. The molecule has 102 valence electrons. The zero-order valence-corrected chi connectivity index (χ0v) is 11.9. The molecule has 1 aliphatic rings. The third-order valence-corrected chi connectivity index (χ3v) is 3.58. The maximum Gasteiger partial charge on any atom is 0.0630 e. The van der Waals surface area contributed by atoms with Gasteiger partial charge in [-0.05, 0) is 20.4 Å². The number of piperazine rings is 1. The molecule has 1 unspecified atom stereocenters. The Labute approximate surface area is 106 Å². The molecule has 0 amide bonds. The Morgan fingerprint density at radius 3 is 2.18 bits per heavy atom. The normalized spacial score (nSPS) is 21.0. The van der Waals surface area contributed by atoms with Crippen LogP contribution < -0.4 is 5.32 Å². The highest BCUT2D eigenvalue weighted by atomic mass is 16.5. The van der Waals surface area contributed by atoms with Gasteiger partial charge in [-0.3, -0.25) is 9.80 Å². The molecule has 4 heteroatoms. The number of rotatable bonds is 7. The lowest BCUT2D eigenvalue weighted by atomic mass is 10.2. The lowest BCUT2D eigenvalue weighted by molar-refractivity contribution is 0.0407. The van der Waals surface area contributed by atoms with Gasteiger partial charge in [0.05, 0.1) is 6.61 Å². The molecule has 1 rings (SSSR count). The van der Waals surface area contributed by atoms with Gasteiger partial charge < -0.3 is 10.1 Å². The van der Waals surface area contributed by atoms with Gasteiger partial charge in [-0.25, -0.2) is 0 Å². The first-order valence-electron chi connectivity index (χ1n) is 6.86. The third-order valence-electron chi connectivity index (χ3n) is 3.58. The Morgan fingerprint density at radius 1 is 1.12 bits per heavy atom. The molecule has 1 aliphatic heterocycles. The summed E-state index contributed by atoms with van der Waals surface area (Å²) in [5.74, 6) is 0. The molecule has 0 aromatic heterocycles. The van der Waals surface area contributed by atoms with Crippen LogP contribution in [0.3, 0.4) is 0 Å². The zero-order valence-electron chi connectivity index (χ0n) is 11.9. The molecule has 0 aliphatic carbocycles. The molecule has 1 heterocycles. The maximum atomic E-state index is 5.33. The van der Waals surface area contributed by atoms with Gasteiger partial charge in [0.25, 0.3) is 0 Å². The Hall–Kier alpha value is -0.160. The number of hydrogen-bond acceptors (Lipinski definition) is 4. The monoisotopic (exact) mass is 243 g/mol. The second-order valence-corrected chi connectivity index (χ2v) is 5.08. The van der Waals surface area contributed by atoms with Crippen molar-refractivity contribution >= 4 is 0 Å². The van der Waals surface area contributed by atoms with Gasteiger partial charge in [0.15, 0.2) is 0 Å². The summed E-state index contributed by atoms with van der Waals surface area (Å²) in [6.45, 7) is 14.3. The predicted molar refractivity (Wildman–Crippen MR) is 72.5 cm³/mol. The standard InChI is InChI=1S/C13H29N3O/c1-5-14-10-13(11-17-4)16-8-6-15(7-9-16)12(2)3/h12-14H,5-11H2,1-4H3. The topological polar surface area (TPSA) is 27.7 Å². The first-order valence-corrected chi connectivity index (χ1v) is 6.86. The Balaban J connectivity index is 2.37. The molecule has 0 radical (unpaired) electrons. The molecule has 1 fully saturated rings. The molecule has 4 nitrogen and oxygen atoms in total. The van der Waals surface area contributed by atoms with E-state index in [-0.39, 0.29) is 0 Å². The van der Waals surface area contributed by atoms with Gasteiger partial charge in [-0.1, -0.05) is 6.92 Å². The average Bonchev–Trinajstić information content (AvgIpc) is 2.34. The van der Waals surface area contributed by atoms with Crippen LogP contribution in [0, 0.1) is 0 Å². The van der Waals surface area contributed by atoms with E-state index in [0.717, 1.165) is 32.8 Å². The minimum absolute atomic E-state index is 0.522. The number of ether oxygens (including phenoxy) is 1. The van der Waals surface area contributed by atoms with Crippen LogP contribution in [0.2, 0.25) is 0 Å². The molecule has 1 saturated heterocycles. The van der Waals surface area contributed by atoms with Gasteiger partial charge in [0, 0.05) is 51.9 Å². The molecular weight excluding hydrogens is 214 g/mol. The molecule has 0 bridgehead atoms. The summed E-state index contributed by atoms with van der Waals surface area (Å²) in [4.78, 5) is 5.11. The van der Waals surface area contributed by atoms with Crippen LogP contribution in [-0.4, -0.2) is 74.9 Å². The lowest BCUT2D eigenvalue weighted by Crippen LogP contribution is -2.55. The van der Waals surface area contributed by atoms with E-state index in [9.17, 15) is 0 Å². The highest BCUT2D eigenvalue weighted by Crippen LogP contribution is 2.09. The summed E-state index contributed by atoms with van der Waals surface area (Å²) < 4.78 is 5.33. The van der Waals surface area contributed by atoms with Crippen LogP contribution in [-0.2, 0) is 4.74 Å². The molecule has 0 aromatic carbocycles. The van der Waals surface area contributed by atoms with Gasteiger partial charge >= 0.3 is 0 Å². The number of likely N-dealkylation sites (N-methyl/N-ethyl adjacent to an activating group) is 1. The summed E-state index contributed by atoms with van der Waals surface area (Å²) >= 11 is 0. The molecular formula is C13H29N3O. The fraction of sp³-hybridized carbons (Fsp3) is 1.00. The summed E-state index contributed by atoms with van der Waals surface area (Å²) in [6.07, 6.45) is 0. The van der Waals surface area contributed by atoms with Crippen molar-refractivity contribution in [1.82, 2.24) is 15.1 Å². The molecule has 17 heavy (non-hydrogen) atoms. The van der Waals surface area contributed by atoms with Crippen molar-refractivity contribution in [3.8, 4) is 0 Å². The Kier molecular flexibility index (Phi) is 7.04. The van der Waals surface area contributed by atoms with E-state index < -0.39 is 0 Å². The molecule has 0 saturated carbocycles. The maximum absolute atomic E-state index is 5.33. The lowest BCUT2D eigenvalue weighted by Gasteiger charge is -2.40.